The van der Waals surface area contributed by atoms with Crippen molar-refractivity contribution in [2.75, 3.05) is 18.8 Å². The Hall–Kier alpha value is -2.05. The largest absolute Gasteiger partial charge is 0.340 e. The Morgan fingerprint density at radius 2 is 1.77 bits per heavy atom. The van der Waals surface area contributed by atoms with Crippen molar-refractivity contribution in [2.45, 2.75) is 25.0 Å². The van der Waals surface area contributed by atoms with Gasteiger partial charge in [0, 0.05) is 18.3 Å². The molecule has 1 aromatic rings. The van der Waals surface area contributed by atoms with Crippen molar-refractivity contribution >= 4 is 17.7 Å². The first-order valence-corrected chi connectivity index (χ1v) is 8.02. The van der Waals surface area contributed by atoms with Gasteiger partial charge in [-0.05, 0) is 24.6 Å². The molecule has 1 unspecified atom stereocenters. The summed E-state index contributed by atoms with van der Waals surface area (Å²) in [6.07, 6.45) is 0.519. The van der Waals surface area contributed by atoms with Gasteiger partial charge in [0.25, 0.3) is 0 Å². The van der Waals surface area contributed by atoms with E-state index in [9.17, 15) is 9.18 Å². The minimum absolute atomic E-state index is 0.0679. The lowest BCUT2D eigenvalue weighted by Gasteiger charge is -2.21. The van der Waals surface area contributed by atoms with Gasteiger partial charge in [-0.15, -0.1) is 11.8 Å². The molecule has 0 radical (unpaired) electrons. The molecule has 1 atom stereocenters. The summed E-state index contributed by atoms with van der Waals surface area (Å²) < 4.78 is 12.9. The second-order valence-electron chi connectivity index (χ2n) is 4.70. The SMILES string of the molecule is CC(SCC(=O)N(CCC#N)CCC#N)c1ccc(F)cc1. The van der Waals surface area contributed by atoms with E-state index in [1.807, 2.05) is 19.1 Å². The fraction of sp³-hybridized carbons (Fsp3) is 0.438. The molecule has 6 heteroatoms. The average molecular weight is 319 g/mol. The van der Waals surface area contributed by atoms with Gasteiger partial charge in [-0.25, -0.2) is 4.39 Å². The number of nitriles is 2. The van der Waals surface area contributed by atoms with Crippen LogP contribution in [-0.4, -0.2) is 29.6 Å². The van der Waals surface area contributed by atoms with Gasteiger partial charge in [0.15, 0.2) is 0 Å². The minimum atomic E-state index is -0.281. The third-order valence-corrected chi connectivity index (χ3v) is 4.32. The van der Waals surface area contributed by atoms with Gasteiger partial charge in [0.05, 0.1) is 30.7 Å². The first kappa shape index (κ1) is 18.0. The monoisotopic (exact) mass is 319 g/mol. The standard InChI is InChI=1S/C16H18FN3OS/c1-13(14-4-6-15(17)7-5-14)22-12-16(21)20(10-2-8-18)11-3-9-19/h4-7,13H,2-3,10-12H2,1H3. The van der Waals surface area contributed by atoms with Crippen molar-refractivity contribution in [1.82, 2.24) is 4.90 Å². The average Bonchev–Trinajstić information content (AvgIpc) is 2.53. The van der Waals surface area contributed by atoms with Crippen molar-refractivity contribution in [1.29, 1.82) is 10.5 Å². The van der Waals surface area contributed by atoms with Crippen LogP contribution < -0.4 is 0 Å². The fourth-order valence-electron chi connectivity index (χ4n) is 1.85. The molecule has 1 rings (SSSR count). The fourth-order valence-corrected chi connectivity index (χ4v) is 2.77. The third-order valence-electron chi connectivity index (χ3n) is 3.14. The number of benzene rings is 1. The Labute approximate surface area is 134 Å². The molecule has 0 aliphatic heterocycles. The maximum atomic E-state index is 12.9. The number of amides is 1. The molecule has 116 valence electrons. The van der Waals surface area contributed by atoms with E-state index < -0.39 is 0 Å². The van der Waals surface area contributed by atoms with Crippen LogP contribution in [0.5, 0.6) is 0 Å². The van der Waals surface area contributed by atoms with E-state index in [-0.39, 0.29) is 35.6 Å². The van der Waals surface area contributed by atoms with E-state index in [1.165, 1.54) is 23.9 Å². The molecular formula is C16H18FN3OS. The first-order chi connectivity index (χ1) is 10.6. The van der Waals surface area contributed by atoms with Crippen molar-refractivity contribution in [2.24, 2.45) is 0 Å². The molecule has 0 aliphatic carbocycles. The molecule has 0 bridgehead atoms. The zero-order chi connectivity index (χ0) is 16.4. The summed E-state index contributed by atoms with van der Waals surface area (Å²) in [4.78, 5) is 13.7. The quantitative estimate of drug-likeness (QED) is 0.737. The Kier molecular flexibility index (Phi) is 8.03. The lowest BCUT2D eigenvalue weighted by Crippen LogP contribution is -2.34. The molecular weight excluding hydrogens is 301 g/mol. The highest BCUT2D eigenvalue weighted by Gasteiger charge is 2.15. The number of carbonyl (C=O) groups excluding carboxylic acids is 1. The zero-order valence-electron chi connectivity index (χ0n) is 12.5. The number of nitrogens with zero attached hydrogens (tertiary/aromatic N) is 3. The van der Waals surface area contributed by atoms with Crippen molar-refractivity contribution in [3.05, 3.63) is 35.6 Å². The molecule has 0 saturated heterocycles. The number of thioether (sulfide) groups is 1. The van der Waals surface area contributed by atoms with Crippen LogP contribution in [0.15, 0.2) is 24.3 Å². The normalized spacial score (nSPS) is 11.3. The van der Waals surface area contributed by atoms with Crippen LogP contribution >= 0.6 is 11.8 Å². The minimum Gasteiger partial charge on any atom is -0.340 e. The molecule has 0 aliphatic rings. The third kappa shape index (κ3) is 6.15. The highest BCUT2D eigenvalue weighted by atomic mass is 32.2. The Bertz CT molecular complexity index is 544. The van der Waals surface area contributed by atoms with Gasteiger partial charge in [0.1, 0.15) is 5.82 Å². The molecule has 1 aromatic carbocycles. The van der Waals surface area contributed by atoms with Gasteiger partial charge in [-0.2, -0.15) is 10.5 Å². The molecule has 0 N–H and O–H groups in total. The van der Waals surface area contributed by atoms with E-state index in [2.05, 4.69) is 0 Å². The van der Waals surface area contributed by atoms with Crippen LogP contribution in [0.25, 0.3) is 0 Å². The van der Waals surface area contributed by atoms with Crippen molar-refractivity contribution in [3.8, 4) is 12.1 Å². The van der Waals surface area contributed by atoms with E-state index >= 15 is 0 Å². The van der Waals surface area contributed by atoms with E-state index in [4.69, 9.17) is 10.5 Å². The molecule has 0 fully saturated rings. The highest BCUT2D eigenvalue weighted by Crippen LogP contribution is 2.28. The predicted octanol–water partition coefficient (Wildman–Crippen LogP) is 3.28. The molecule has 0 heterocycles. The van der Waals surface area contributed by atoms with Gasteiger partial charge in [0.2, 0.25) is 5.91 Å². The van der Waals surface area contributed by atoms with Gasteiger partial charge in [-0.1, -0.05) is 12.1 Å². The summed E-state index contributed by atoms with van der Waals surface area (Å²) in [6.45, 7) is 2.66. The number of halogens is 1. The van der Waals surface area contributed by atoms with Gasteiger partial charge < -0.3 is 4.90 Å². The van der Waals surface area contributed by atoms with Crippen LogP contribution in [0.1, 0.15) is 30.6 Å². The molecule has 4 nitrogen and oxygen atoms in total. The summed E-state index contributed by atoms with van der Waals surface area (Å²) in [5.74, 6) is -0.0873. The Morgan fingerprint density at radius 3 is 2.27 bits per heavy atom. The molecule has 22 heavy (non-hydrogen) atoms. The van der Waals surface area contributed by atoms with Crippen LogP contribution in [0.3, 0.4) is 0 Å². The van der Waals surface area contributed by atoms with E-state index in [1.54, 1.807) is 17.0 Å². The summed E-state index contributed by atoms with van der Waals surface area (Å²) in [6, 6.07) is 10.2. The lowest BCUT2D eigenvalue weighted by molar-refractivity contribution is -0.128. The van der Waals surface area contributed by atoms with E-state index in [0.717, 1.165) is 5.56 Å². The van der Waals surface area contributed by atoms with Crippen molar-refractivity contribution < 1.29 is 9.18 Å². The second-order valence-corrected chi connectivity index (χ2v) is 6.03. The number of rotatable bonds is 8. The maximum Gasteiger partial charge on any atom is 0.232 e. The molecule has 0 saturated carbocycles. The number of hydrogen-bond donors (Lipinski definition) is 0. The topological polar surface area (TPSA) is 67.9 Å². The summed E-state index contributed by atoms with van der Waals surface area (Å²) in [5.41, 5.74) is 0.958. The Balaban J connectivity index is 2.52. The lowest BCUT2D eigenvalue weighted by atomic mass is 10.2. The van der Waals surface area contributed by atoms with Crippen LogP contribution in [0.2, 0.25) is 0 Å². The van der Waals surface area contributed by atoms with Crippen molar-refractivity contribution in [3.63, 3.8) is 0 Å². The zero-order valence-corrected chi connectivity index (χ0v) is 13.3. The van der Waals surface area contributed by atoms with Gasteiger partial charge >= 0.3 is 0 Å². The maximum absolute atomic E-state index is 12.9. The summed E-state index contributed by atoms with van der Waals surface area (Å²) in [5, 5.41) is 17.3. The van der Waals surface area contributed by atoms with Crippen LogP contribution in [0, 0.1) is 28.5 Å². The molecule has 0 aromatic heterocycles. The Morgan fingerprint density at radius 1 is 1.23 bits per heavy atom. The summed E-state index contributed by atoms with van der Waals surface area (Å²) in [7, 11) is 0. The highest BCUT2D eigenvalue weighted by molar-refractivity contribution is 8.00. The first-order valence-electron chi connectivity index (χ1n) is 6.97. The van der Waals surface area contributed by atoms with Crippen LogP contribution in [0.4, 0.5) is 4.39 Å². The van der Waals surface area contributed by atoms with Crippen LogP contribution in [-0.2, 0) is 4.79 Å². The predicted molar refractivity (Wildman–Crippen MR) is 84.3 cm³/mol. The second kappa shape index (κ2) is 9.81. The van der Waals surface area contributed by atoms with Gasteiger partial charge in [-0.3, -0.25) is 4.79 Å². The van der Waals surface area contributed by atoms with E-state index in [0.29, 0.717) is 13.1 Å². The molecule has 0 spiro atoms. The number of carbonyl (C=O) groups is 1. The molecule has 1 amide bonds. The summed E-state index contributed by atoms with van der Waals surface area (Å²) >= 11 is 1.46. The number of hydrogen-bond acceptors (Lipinski definition) is 4. The smallest absolute Gasteiger partial charge is 0.232 e.